The first-order valence-electron chi connectivity index (χ1n) is 8.73. The number of nitrogens with one attached hydrogen (secondary N) is 1. The normalized spacial score (nSPS) is 11.6. The van der Waals surface area contributed by atoms with Crippen LogP contribution in [-0.4, -0.2) is 5.54 Å². The first-order valence-corrected chi connectivity index (χ1v) is 10.1. The average molecular weight is 347 g/mol. The molecule has 3 aromatic carbocycles. The molecule has 1 N–H and O–H groups in total. The van der Waals surface area contributed by atoms with Gasteiger partial charge in [-0.2, -0.15) is 0 Å². The van der Waals surface area contributed by atoms with Crippen molar-refractivity contribution in [1.82, 2.24) is 0 Å². The van der Waals surface area contributed by atoms with Gasteiger partial charge in [-0.25, -0.2) is 0 Å². The Hall–Kier alpha value is -2.11. The zero-order chi connectivity index (χ0) is 17.9. The molecule has 3 rings (SSSR count). The molecule has 0 bridgehead atoms. The van der Waals surface area contributed by atoms with Crippen LogP contribution >= 0.6 is 7.92 Å². The number of hydrogen-bond acceptors (Lipinski definition) is 1. The number of benzene rings is 3. The van der Waals surface area contributed by atoms with Crippen molar-refractivity contribution < 1.29 is 0 Å². The summed E-state index contributed by atoms with van der Waals surface area (Å²) in [5.74, 6) is 0. The summed E-state index contributed by atoms with van der Waals surface area (Å²) in [5, 5.41) is 7.87. The molecule has 0 fully saturated rings. The van der Waals surface area contributed by atoms with E-state index in [0.29, 0.717) is 0 Å². The van der Waals surface area contributed by atoms with E-state index >= 15 is 0 Å². The lowest BCUT2D eigenvalue weighted by Gasteiger charge is -2.28. The topological polar surface area (TPSA) is 12.0 Å². The van der Waals surface area contributed by atoms with Crippen LogP contribution in [0.2, 0.25) is 0 Å². The Kier molecular flexibility index (Phi) is 5.25. The van der Waals surface area contributed by atoms with Gasteiger partial charge in [0.1, 0.15) is 0 Å². The second kappa shape index (κ2) is 7.42. The van der Waals surface area contributed by atoms with Crippen molar-refractivity contribution in [3.8, 4) is 0 Å². The molecule has 0 atom stereocenters. The minimum atomic E-state index is -0.598. The molecule has 0 heterocycles. The van der Waals surface area contributed by atoms with Crippen molar-refractivity contribution in [3.05, 3.63) is 84.4 Å². The van der Waals surface area contributed by atoms with Crippen LogP contribution in [0.5, 0.6) is 0 Å². The van der Waals surface area contributed by atoms with Crippen LogP contribution in [0.15, 0.2) is 78.9 Å². The fourth-order valence-electron chi connectivity index (χ4n) is 2.92. The molecule has 0 aliphatic rings. The van der Waals surface area contributed by atoms with Crippen LogP contribution in [-0.2, 0) is 0 Å². The summed E-state index contributed by atoms with van der Waals surface area (Å²) < 4.78 is 0. The summed E-state index contributed by atoms with van der Waals surface area (Å²) in [6.07, 6.45) is 0. The highest BCUT2D eigenvalue weighted by atomic mass is 31.1. The third-order valence-electron chi connectivity index (χ3n) is 3.93. The Bertz CT molecular complexity index is 780. The fourth-order valence-corrected chi connectivity index (χ4v) is 5.42. The Labute approximate surface area is 152 Å². The average Bonchev–Trinajstić information content (AvgIpc) is 2.58. The van der Waals surface area contributed by atoms with E-state index in [1.165, 1.54) is 27.2 Å². The number of anilines is 1. The van der Waals surface area contributed by atoms with E-state index in [9.17, 15) is 0 Å². The number of aryl methyl sites for hydroxylation is 1. The summed E-state index contributed by atoms with van der Waals surface area (Å²) >= 11 is 0. The van der Waals surface area contributed by atoms with E-state index in [0.717, 1.165) is 0 Å². The van der Waals surface area contributed by atoms with Crippen molar-refractivity contribution in [2.24, 2.45) is 0 Å². The zero-order valence-electron chi connectivity index (χ0n) is 15.5. The van der Waals surface area contributed by atoms with Crippen LogP contribution < -0.4 is 21.2 Å². The van der Waals surface area contributed by atoms with Gasteiger partial charge in [-0.15, -0.1) is 0 Å². The third kappa shape index (κ3) is 4.50. The van der Waals surface area contributed by atoms with Crippen molar-refractivity contribution in [2.45, 2.75) is 33.2 Å². The molecule has 0 saturated heterocycles. The summed E-state index contributed by atoms with van der Waals surface area (Å²) in [7, 11) is -0.598. The Morgan fingerprint density at radius 3 is 1.72 bits per heavy atom. The first kappa shape index (κ1) is 17.7. The maximum absolute atomic E-state index is 3.71. The molecule has 0 radical (unpaired) electrons. The van der Waals surface area contributed by atoms with Crippen LogP contribution in [0.4, 0.5) is 5.69 Å². The third-order valence-corrected chi connectivity index (χ3v) is 6.41. The minimum absolute atomic E-state index is 0.0262. The van der Waals surface area contributed by atoms with Crippen LogP contribution in [0, 0.1) is 6.92 Å². The second-order valence-corrected chi connectivity index (χ2v) is 9.59. The maximum atomic E-state index is 3.71. The Morgan fingerprint density at radius 2 is 1.24 bits per heavy atom. The van der Waals surface area contributed by atoms with E-state index < -0.39 is 7.92 Å². The van der Waals surface area contributed by atoms with Crippen LogP contribution in [0.1, 0.15) is 26.3 Å². The van der Waals surface area contributed by atoms with Crippen molar-refractivity contribution in [2.75, 3.05) is 5.32 Å². The van der Waals surface area contributed by atoms with Gasteiger partial charge in [0.05, 0.1) is 0 Å². The van der Waals surface area contributed by atoms with E-state index in [2.05, 4.69) is 112 Å². The Morgan fingerprint density at radius 1 is 0.720 bits per heavy atom. The van der Waals surface area contributed by atoms with E-state index in [4.69, 9.17) is 0 Å². The van der Waals surface area contributed by atoms with Gasteiger partial charge < -0.3 is 5.32 Å². The number of hydrogen-bond donors (Lipinski definition) is 1. The van der Waals surface area contributed by atoms with E-state index in [1.54, 1.807) is 0 Å². The quantitative estimate of drug-likeness (QED) is 0.658. The summed E-state index contributed by atoms with van der Waals surface area (Å²) in [5.41, 5.74) is 2.56. The smallest absolute Gasteiger partial charge is 0.0429 e. The van der Waals surface area contributed by atoms with Crippen LogP contribution in [0.25, 0.3) is 0 Å². The second-order valence-electron chi connectivity index (χ2n) is 7.40. The predicted molar refractivity (Wildman–Crippen MR) is 113 cm³/mol. The Balaban J connectivity index is 2.19. The molecule has 0 aromatic heterocycles. The molecule has 0 saturated carbocycles. The monoisotopic (exact) mass is 347 g/mol. The largest absolute Gasteiger partial charge is 0.380 e. The molecule has 1 nitrogen and oxygen atoms in total. The summed E-state index contributed by atoms with van der Waals surface area (Å²) in [6.45, 7) is 8.81. The first-order chi connectivity index (χ1) is 11.9. The van der Waals surface area contributed by atoms with Gasteiger partial charge in [0, 0.05) is 16.5 Å². The van der Waals surface area contributed by atoms with Gasteiger partial charge in [-0.05, 0) is 58.4 Å². The molecule has 3 aromatic rings. The van der Waals surface area contributed by atoms with Crippen LogP contribution in [0.3, 0.4) is 0 Å². The fraction of sp³-hybridized carbons (Fsp3) is 0.217. The lowest BCUT2D eigenvalue weighted by Crippen LogP contribution is -2.31. The lowest BCUT2D eigenvalue weighted by atomic mass is 10.1. The lowest BCUT2D eigenvalue weighted by molar-refractivity contribution is 0.635. The molecule has 25 heavy (non-hydrogen) atoms. The zero-order valence-corrected chi connectivity index (χ0v) is 16.3. The molecular formula is C23H26NP. The van der Waals surface area contributed by atoms with Gasteiger partial charge in [-0.3, -0.25) is 0 Å². The van der Waals surface area contributed by atoms with Crippen molar-refractivity contribution >= 4 is 29.5 Å². The van der Waals surface area contributed by atoms with Gasteiger partial charge in [0.15, 0.2) is 0 Å². The van der Waals surface area contributed by atoms with E-state index in [1.807, 2.05) is 0 Å². The van der Waals surface area contributed by atoms with Crippen molar-refractivity contribution in [3.63, 3.8) is 0 Å². The minimum Gasteiger partial charge on any atom is -0.380 e. The maximum Gasteiger partial charge on any atom is 0.0429 e. The summed E-state index contributed by atoms with van der Waals surface area (Å²) in [4.78, 5) is 0. The molecule has 0 spiro atoms. The molecule has 0 unspecified atom stereocenters. The van der Waals surface area contributed by atoms with Gasteiger partial charge in [-0.1, -0.05) is 72.3 Å². The molecular weight excluding hydrogens is 321 g/mol. The molecule has 2 heteroatoms. The molecule has 0 amide bonds. The SMILES string of the molecule is Cc1ccc(NC(C)(C)C)c(P(c2ccccc2)c2ccccc2)c1. The predicted octanol–water partition coefficient (Wildman–Crippen LogP) is 4.96. The van der Waals surface area contributed by atoms with E-state index in [-0.39, 0.29) is 5.54 Å². The molecule has 0 aliphatic heterocycles. The highest BCUT2D eigenvalue weighted by Crippen LogP contribution is 2.36. The van der Waals surface area contributed by atoms with Crippen molar-refractivity contribution in [1.29, 1.82) is 0 Å². The highest BCUT2D eigenvalue weighted by molar-refractivity contribution is 7.80. The number of rotatable bonds is 4. The van der Waals surface area contributed by atoms with Gasteiger partial charge >= 0.3 is 0 Å². The molecule has 0 aliphatic carbocycles. The highest BCUT2D eigenvalue weighted by Gasteiger charge is 2.21. The molecule has 128 valence electrons. The summed E-state index contributed by atoms with van der Waals surface area (Å²) in [6, 6.07) is 28.5. The van der Waals surface area contributed by atoms with Gasteiger partial charge in [0.25, 0.3) is 0 Å². The van der Waals surface area contributed by atoms with Gasteiger partial charge in [0.2, 0.25) is 0 Å². The standard InChI is InChI=1S/C23H26NP/c1-18-15-16-21(24-23(2,3)4)22(17-18)25(19-11-7-5-8-12-19)20-13-9-6-10-14-20/h5-17,24H,1-4H3.